The lowest BCUT2D eigenvalue weighted by Gasteiger charge is -2.17. The van der Waals surface area contributed by atoms with Crippen molar-refractivity contribution in [2.24, 2.45) is 0 Å². The number of unbranched alkanes of at least 4 members (excludes halogenated alkanes) is 1. The Labute approximate surface area is 97.1 Å². The SMILES string of the molecule is C#CCCCC(NCC)c1cccc(F)c1. The standard InChI is InChI=1S/C14H18FN/c1-3-5-6-10-14(16-4-2)12-8-7-9-13(15)11-12/h1,7-9,11,14,16H,4-6,10H2,2H3. The molecule has 0 aliphatic heterocycles. The molecule has 0 aliphatic carbocycles. The number of hydrogen-bond donors (Lipinski definition) is 1. The first-order valence-corrected chi connectivity index (χ1v) is 5.70. The molecule has 0 aromatic heterocycles. The van der Waals surface area contributed by atoms with Crippen molar-refractivity contribution in [3.05, 3.63) is 35.6 Å². The Kier molecular flexibility index (Phi) is 5.60. The monoisotopic (exact) mass is 219 g/mol. The Bertz CT molecular complexity index is 354. The summed E-state index contributed by atoms with van der Waals surface area (Å²) in [5.74, 6) is 2.44. The van der Waals surface area contributed by atoms with Gasteiger partial charge >= 0.3 is 0 Å². The van der Waals surface area contributed by atoms with E-state index in [1.807, 2.05) is 13.0 Å². The lowest BCUT2D eigenvalue weighted by Crippen LogP contribution is -2.20. The molecule has 0 radical (unpaired) electrons. The van der Waals surface area contributed by atoms with E-state index in [2.05, 4.69) is 11.2 Å². The molecular formula is C14H18FN. The highest BCUT2D eigenvalue weighted by molar-refractivity contribution is 5.20. The molecule has 1 N–H and O–H groups in total. The van der Waals surface area contributed by atoms with Crippen LogP contribution in [0.1, 0.15) is 37.8 Å². The third kappa shape index (κ3) is 4.04. The van der Waals surface area contributed by atoms with Crippen molar-refractivity contribution < 1.29 is 4.39 Å². The fourth-order valence-corrected chi connectivity index (χ4v) is 1.76. The molecule has 1 aromatic carbocycles. The number of nitrogens with one attached hydrogen (secondary N) is 1. The normalized spacial score (nSPS) is 12.1. The third-order valence-electron chi connectivity index (χ3n) is 2.52. The largest absolute Gasteiger partial charge is 0.310 e. The number of terminal acetylenes is 1. The van der Waals surface area contributed by atoms with E-state index in [1.165, 1.54) is 6.07 Å². The third-order valence-corrected chi connectivity index (χ3v) is 2.52. The predicted molar refractivity (Wildman–Crippen MR) is 65.5 cm³/mol. The summed E-state index contributed by atoms with van der Waals surface area (Å²) in [6.45, 7) is 2.92. The van der Waals surface area contributed by atoms with Crippen molar-refractivity contribution in [1.82, 2.24) is 5.32 Å². The number of hydrogen-bond acceptors (Lipinski definition) is 1. The van der Waals surface area contributed by atoms with Crippen molar-refractivity contribution >= 4 is 0 Å². The summed E-state index contributed by atoms with van der Waals surface area (Å²) in [5.41, 5.74) is 0.999. The lowest BCUT2D eigenvalue weighted by molar-refractivity contribution is 0.498. The van der Waals surface area contributed by atoms with Crippen LogP contribution in [0.25, 0.3) is 0 Å². The molecule has 86 valence electrons. The van der Waals surface area contributed by atoms with Gasteiger partial charge in [-0.15, -0.1) is 12.3 Å². The summed E-state index contributed by atoms with van der Waals surface area (Å²) < 4.78 is 13.1. The lowest BCUT2D eigenvalue weighted by atomic mass is 10.0. The molecule has 0 spiro atoms. The maximum atomic E-state index is 13.1. The summed E-state index contributed by atoms with van der Waals surface area (Å²) in [6, 6.07) is 6.95. The van der Waals surface area contributed by atoms with Crippen LogP contribution in [0.3, 0.4) is 0 Å². The van der Waals surface area contributed by atoms with Crippen molar-refractivity contribution in [3.8, 4) is 12.3 Å². The average molecular weight is 219 g/mol. The molecule has 0 fully saturated rings. The number of benzene rings is 1. The summed E-state index contributed by atoms with van der Waals surface area (Å²) in [6.07, 6.45) is 7.90. The maximum absolute atomic E-state index is 13.1. The molecule has 0 bridgehead atoms. The molecule has 1 rings (SSSR count). The van der Waals surface area contributed by atoms with Crippen molar-refractivity contribution in [2.75, 3.05) is 6.54 Å². The van der Waals surface area contributed by atoms with Gasteiger partial charge in [-0.1, -0.05) is 19.1 Å². The zero-order valence-corrected chi connectivity index (χ0v) is 9.67. The predicted octanol–water partition coefficient (Wildman–Crippen LogP) is 3.28. The van der Waals surface area contributed by atoms with Gasteiger partial charge in [0.15, 0.2) is 0 Å². The van der Waals surface area contributed by atoms with E-state index < -0.39 is 0 Å². The van der Waals surface area contributed by atoms with E-state index in [4.69, 9.17) is 6.42 Å². The molecule has 16 heavy (non-hydrogen) atoms. The van der Waals surface area contributed by atoms with Gasteiger partial charge in [0, 0.05) is 12.5 Å². The Morgan fingerprint density at radius 3 is 2.94 bits per heavy atom. The van der Waals surface area contributed by atoms with Gasteiger partial charge in [0.2, 0.25) is 0 Å². The smallest absolute Gasteiger partial charge is 0.123 e. The van der Waals surface area contributed by atoms with Crippen LogP contribution in [0, 0.1) is 18.2 Å². The Hall–Kier alpha value is -1.33. The topological polar surface area (TPSA) is 12.0 Å². The van der Waals surface area contributed by atoms with Gasteiger partial charge < -0.3 is 5.32 Å². The fourth-order valence-electron chi connectivity index (χ4n) is 1.76. The van der Waals surface area contributed by atoms with Gasteiger partial charge in [-0.05, 0) is 37.1 Å². The summed E-state index contributed by atoms with van der Waals surface area (Å²) >= 11 is 0. The first-order chi connectivity index (χ1) is 7.77. The first kappa shape index (κ1) is 12.7. The molecule has 2 heteroatoms. The van der Waals surface area contributed by atoms with Crippen LogP contribution in [0.2, 0.25) is 0 Å². The van der Waals surface area contributed by atoms with Crippen molar-refractivity contribution in [2.45, 2.75) is 32.2 Å². The minimum atomic E-state index is -0.183. The van der Waals surface area contributed by atoms with E-state index in [1.54, 1.807) is 12.1 Å². The Morgan fingerprint density at radius 2 is 2.31 bits per heavy atom. The van der Waals surface area contributed by atoms with E-state index in [9.17, 15) is 4.39 Å². The average Bonchev–Trinajstić information content (AvgIpc) is 2.28. The molecule has 0 saturated carbocycles. The van der Waals surface area contributed by atoms with Crippen molar-refractivity contribution in [3.63, 3.8) is 0 Å². The van der Waals surface area contributed by atoms with Gasteiger partial charge in [0.25, 0.3) is 0 Å². The van der Waals surface area contributed by atoms with Crippen LogP contribution in [0.15, 0.2) is 24.3 Å². The second-order valence-electron chi connectivity index (χ2n) is 3.76. The fraction of sp³-hybridized carbons (Fsp3) is 0.429. The summed E-state index contributed by atoms with van der Waals surface area (Å²) in [5, 5.41) is 3.35. The molecular weight excluding hydrogens is 201 g/mol. The molecule has 0 saturated heterocycles. The van der Waals surface area contributed by atoms with Crippen LogP contribution in [-0.4, -0.2) is 6.54 Å². The zero-order chi connectivity index (χ0) is 11.8. The summed E-state index contributed by atoms with van der Waals surface area (Å²) in [7, 11) is 0. The minimum absolute atomic E-state index is 0.183. The highest BCUT2D eigenvalue weighted by atomic mass is 19.1. The van der Waals surface area contributed by atoms with Gasteiger partial charge in [0.1, 0.15) is 5.82 Å². The van der Waals surface area contributed by atoms with Crippen LogP contribution >= 0.6 is 0 Å². The van der Waals surface area contributed by atoms with Crippen LogP contribution in [-0.2, 0) is 0 Å². The van der Waals surface area contributed by atoms with Gasteiger partial charge in [-0.2, -0.15) is 0 Å². The second kappa shape index (κ2) is 7.03. The molecule has 0 amide bonds. The Balaban J connectivity index is 2.65. The highest BCUT2D eigenvalue weighted by Crippen LogP contribution is 2.19. The van der Waals surface area contributed by atoms with Gasteiger partial charge in [-0.25, -0.2) is 4.39 Å². The Morgan fingerprint density at radius 1 is 1.50 bits per heavy atom. The van der Waals surface area contributed by atoms with E-state index in [0.29, 0.717) is 0 Å². The molecule has 0 heterocycles. The quantitative estimate of drug-likeness (QED) is 0.572. The zero-order valence-electron chi connectivity index (χ0n) is 9.67. The minimum Gasteiger partial charge on any atom is -0.310 e. The van der Waals surface area contributed by atoms with E-state index in [0.717, 1.165) is 31.4 Å². The molecule has 1 nitrogen and oxygen atoms in total. The van der Waals surface area contributed by atoms with E-state index >= 15 is 0 Å². The molecule has 1 atom stereocenters. The summed E-state index contributed by atoms with van der Waals surface area (Å²) in [4.78, 5) is 0. The van der Waals surface area contributed by atoms with E-state index in [-0.39, 0.29) is 11.9 Å². The molecule has 1 unspecified atom stereocenters. The first-order valence-electron chi connectivity index (χ1n) is 5.70. The van der Waals surface area contributed by atoms with Crippen LogP contribution in [0.4, 0.5) is 4.39 Å². The number of rotatable bonds is 6. The number of halogens is 1. The van der Waals surface area contributed by atoms with Crippen molar-refractivity contribution in [1.29, 1.82) is 0 Å². The van der Waals surface area contributed by atoms with Gasteiger partial charge in [-0.3, -0.25) is 0 Å². The molecule has 0 aliphatic rings. The van der Waals surface area contributed by atoms with Gasteiger partial charge in [0.05, 0.1) is 0 Å². The maximum Gasteiger partial charge on any atom is 0.123 e. The van der Waals surface area contributed by atoms with Crippen LogP contribution < -0.4 is 5.32 Å². The molecule has 1 aromatic rings. The van der Waals surface area contributed by atoms with Crippen LogP contribution in [0.5, 0.6) is 0 Å². The second-order valence-corrected chi connectivity index (χ2v) is 3.76. The highest BCUT2D eigenvalue weighted by Gasteiger charge is 2.09.